The van der Waals surface area contributed by atoms with Crippen LogP contribution < -0.4 is 5.32 Å². The number of carbonyl (C=O) groups excluding carboxylic acids is 2. The Bertz CT molecular complexity index is 1350. The van der Waals surface area contributed by atoms with Crippen molar-refractivity contribution in [2.75, 3.05) is 40.1 Å². The van der Waals surface area contributed by atoms with Crippen molar-refractivity contribution in [1.82, 2.24) is 10.2 Å². The van der Waals surface area contributed by atoms with E-state index in [1.54, 1.807) is 12.0 Å². The molecule has 9 heteroatoms. The zero-order valence-corrected chi connectivity index (χ0v) is 25.8. The number of benzene rings is 3. The number of alkyl carbamates (subject to hydrolysis) is 1. The molecule has 0 unspecified atom stereocenters. The minimum absolute atomic E-state index is 0.0289. The average molecular weight is 617 g/mol. The van der Waals surface area contributed by atoms with E-state index in [9.17, 15) is 19.8 Å². The highest BCUT2D eigenvalue weighted by molar-refractivity contribution is 5.77. The van der Waals surface area contributed by atoms with Crippen LogP contribution in [0.5, 0.6) is 0 Å². The molecule has 0 heterocycles. The van der Waals surface area contributed by atoms with Crippen molar-refractivity contribution in [3.8, 4) is 0 Å². The Morgan fingerprint density at radius 2 is 1.64 bits per heavy atom. The maximum absolute atomic E-state index is 13.8. The highest BCUT2D eigenvalue weighted by atomic mass is 16.6. The fraction of sp³-hybridized carbons (Fsp3) is 0.389. The van der Waals surface area contributed by atoms with Gasteiger partial charge in [0.2, 0.25) is 5.91 Å². The maximum Gasteiger partial charge on any atom is 0.407 e. The van der Waals surface area contributed by atoms with E-state index in [4.69, 9.17) is 14.2 Å². The summed E-state index contributed by atoms with van der Waals surface area (Å²) in [6, 6.07) is 25.9. The molecular formula is C36H44N2O7. The van der Waals surface area contributed by atoms with Crippen LogP contribution in [0.3, 0.4) is 0 Å². The Hall–Kier alpha value is -4.02. The minimum atomic E-state index is -1.03. The van der Waals surface area contributed by atoms with Gasteiger partial charge in [-0.3, -0.25) is 4.79 Å². The molecule has 0 aromatic heterocycles. The molecular weight excluding hydrogens is 572 g/mol. The Kier molecular flexibility index (Phi) is 13.6. The van der Waals surface area contributed by atoms with Crippen LogP contribution in [0.25, 0.3) is 6.08 Å². The van der Waals surface area contributed by atoms with Crippen LogP contribution >= 0.6 is 0 Å². The Labute approximate surface area is 265 Å². The Morgan fingerprint density at radius 3 is 2.40 bits per heavy atom. The molecule has 0 radical (unpaired) electrons. The smallest absolute Gasteiger partial charge is 0.407 e. The summed E-state index contributed by atoms with van der Waals surface area (Å²) in [6.07, 6.45) is 2.41. The molecule has 3 N–H and O–H groups in total. The third-order valence-electron chi connectivity index (χ3n) is 7.85. The first kappa shape index (κ1) is 33.9. The number of nitrogens with zero attached hydrogens (tertiary/aromatic N) is 1. The number of rotatable bonds is 17. The van der Waals surface area contributed by atoms with E-state index in [1.165, 1.54) is 0 Å². The standard InChI is InChI=1S/C36H44N2O7/c1-43-21-22-44-23-24-45-36(42)37-31(25-28-13-6-3-7-14-28)32(39)18-19-34(41)38(20-10-15-27-11-4-2-5-12-27)35-30-17-9-8-16-29(30)26-33(35)40/h2-17,31-33,35,39-40H,18-26H2,1H3,(H,37,42)/t31-,32-,33+,35-/m0/s1. The molecule has 0 saturated heterocycles. The molecule has 240 valence electrons. The van der Waals surface area contributed by atoms with Crippen molar-refractivity contribution >= 4 is 18.1 Å². The van der Waals surface area contributed by atoms with Crippen molar-refractivity contribution < 1.29 is 34.0 Å². The molecule has 3 aromatic rings. The van der Waals surface area contributed by atoms with Crippen molar-refractivity contribution in [2.24, 2.45) is 0 Å². The second kappa shape index (κ2) is 18.1. The predicted octanol–water partition coefficient (Wildman–Crippen LogP) is 4.33. The van der Waals surface area contributed by atoms with Gasteiger partial charge in [0.25, 0.3) is 0 Å². The molecule has 0 bridgehead atoms. The molecule has 1 aliphatic carbocycles. The van der Waals surface area contributed by atoms with Gasteiger partial charge in [-0.1, -0.05) is 97.1 Å². The van der Waals surface area contributed by atoms with Crippen LogP contribution in [0.1, 0.15) is 41.1 Å². The van der Waals surface area contributed by atoms with Gasteiger partial charge in [0.1, 0.15) is 6.61 Å². The van der Waals surface area contributed by atoms with Gasteiger partial charge < -0.3 is 34.6 Å². The van der Waals surface area contributed by atoms with E-state index in [1.807, 2.05) is 97.1 Å². The fourth-order valence-electron chi connectivity index (χ4n) is 5.56. The molecule has 1 aliphatic rings. The lowest BCUT2D eigenvalue weighted by molar-refractivity contribution is -0.136. The second-order valence-electron chi connectivity index (χ2n) is 11.1. The van der Waals surface area contributed by atoms with Crippen molar-refractivity contribution in [3.63, 3.8) is 0 Å². The summed E-state index contributed by atoms with van der Waals surface area (Å²) in [6.45, 7) is 1.42. The normalized spacial score (nSPS) is 17.0. The van der Waals surface area contributed by atoms with Crippen molar-refractivity contribution in [2.45, 2.75) is 50.0 Å². The van der Waals surface area contributed by atoms with Gasteiger partial charge in [-0.2, -0.15) is 0 Å². The second-order valence-corrected chi connectivity index (χ2v) is 11.1. The molecule has 0 spiro atoms. The summed E-state index contributed by atoms with van der Waals surface area (Å²) in [7, 11) is 1.58. The summed E-state index contributed by atoms with van der Waals surface area (Å²) in [5, 5.41) is 25.1. The summed E-state index contributed by atoms with van der Waals surface area (Å²) < 4.78 is 15.5. The summed E-state index contributed by atoms with van der Waals surface area (Å²) >= 11 is 0. The third kappa shape index (κ3) is 10.5. The first-order chi connectivity index (χ1) is 22.0. The minimum Gasteiger partial charge on any atom is -0.447 e. The SMILES string of the molecule is COCCOCCOC(=O)N[C@@H](Cc1ccccc1)[C@@H](O)CCC(=O)N(CC=Cc1ccccc1)[C@H]1c2ccccc2C[C@H]1O. The van der Waals surface area contributed by atoms with Gasteiger partial charge in [0, 0.05) is 26.5 Å². The Balaban J connectivity index is 1.42. The third-order valence-corrected chi connectivity index (χ3v) is 7.85. The van der Waals surface area contributed by atoms with E-state index < -0.39 is 30.4 Å². The van der Waals surface area contributed by atoms with Crippen LogP contribution in [0.4, 0.5) is 4.79 Å². The monoisotopic (exact) mass is 616 g/mol. The van der Waals surface area contributed by atoms with Gasteiger partial charge in [-0.15, -0.1) is 0 Å². The van der Waals surface area contributed by atoms with E-state index in [0.717, 1.165) is 22.3 Å². The van der Waals surface area contributed by atoms with Crippen LogP contribution in [-0.4, -0.2) is 85.4 Å². The zero-order chi connectivity index (χ0) is 31.9. The number of carbonyl (C=O) groups is 2. The van der Waals surface area contributed by atoms with Gasteiger partial charge in [-0.05, 0) is 35.1 Å². The average Bonchev–Trinajstić information content (AvgIpc) is 3.39. The molecule has 0 saturated carbocycles. The largest absolute Gasteiger partial charge is 0.447 e. The first-order valence-corrected chi connectivity index (χ1v) is 15.4. The lowest BCUT2D eigenvalue weighted by atomic mass is 9.97. The van der Waals surface area contributed by atoms with Crippen LogP contribution in [0, 0.1) is 0 Å². The highest BCUT2D eigenvalue weighted by Crippen LogP contribution is 2.36. The molecule has 9 nitrogen and oxygen atoms in total. The number of aliphatic hydroxyl groups excluding tert-OH is 2. The zero-order valence-electron chi connectivity index (χ0n) is 25.8. The predicted molar refractivity (Wildman–Crippen MR) is 172 cm³/mol. The van der Waals surface area contributed by atoms with Gasteiger partial charge >= 0.3 is 6.09 Å². The lowest BCUT2D eigenvalue weighted by Crippen LogP contribution is -2.46. The van der Waals surface area contributed by atoms with Crippen LogP contribution in [0.2, 0.25) is 0 Å². The molecule has 4 atom stereocenters. The topological polar surface area (TPSA) is 118 Å². The van der Waals surface area contributed by atoms with E-state index in [0.29, 0.717) is 32.6 Å². The lowest BCUT2D eigenvalue weighted by Gasteiger charge is -2.32. The number of hydrogen-bond donors (Lipinski definition) is 3. The molecule has 3 aromatic carbocycles. The molecule has 4 rings (SSSR count). The first-order valence-electron chi connectivity index (χ1n) is 15.4. The van der Waals surface area contributed by atoms with E-state index in [2.05, 4.69) is 5.32 Å². The number of nitrogens with one attached hydrogen (secondary N) is 1. The van der Waals surface area contributed by atoms with E-state index >= 15 is 0 Å². The van der Waals surface area contributed by atoms with Crippen LogP contribution in [-0.2, 0) is 31.8 Å². The molecule has 0 aliphatic heterocycles. The number of aliphatic hydroxyl groups is 2. The summed E-state index contributed by atoms with van der Waals surface area (Å²) in [5.74, 6) is -0.193. The molecule has 2 amide bonds. The number of ether oxygens (including phenoxy) is 3. The van der Waals surface area contributed by atoms with E-state index in [-0.39, 0.29) is 32.0 Å². The number of amides is 2. The van der Waals surface area contributed by atoms with Crippen molar-refractivity contribution in [1.29, 1.82) is 0 Å². The number of hydrogen-bond acceptors (Lipinski definition) is 7. The summed E-state index contributed by atoms with van der Waals surface area (Å²) in [5.41, 5.74) is 3.89. The number of methoxy groups -OCH3 is 1. The number of fused-ring (bicyclic) bond motifs is 1. The Morgan fingerprint density at radius 1 is 0.956 bits per heavy atom. The highest BCUT2D eigenvalue weighted by Gasteiger charge is 2.37. The quantitative estimate of drug-likeness (QED) is 0.193. The van der Waals surface area contributed by atoms with Gasteiger partial charge in [-0.25, -0.2) is 4.79 Å². The fourth-order valence-corrected chi connectivity index (χ4v) is 5.56. The maximum atomic E-state index is 13.8. The molecule has 0 fully saturated rings. The summed E-state index contributed by atoms with van der Waals surface area (Å²) in [4.78, 5) is 28.1. The van der Waals surface area contributed by atoms with Gasteiger partial charge in [0.05, 0.1) is 44.1 Å². The van der Waals surface area contributed by atoms with Crippen LogP contribution in [0.15, 0.2) is 91.0 Å². The molecule has 45 heavy (non-hydrogen) atoms. The van der Waals surface area contributed by atoms with Crippen molar-refractivity contribution in [3.05, 3.63) is 113 Å². The van der Waals surface area contributed by atoms with Gasteiger partial charge in [0.15, 0.2) is 0 Å².